The molecule has 102 valence electrons. The van der Waals surface area contributed by atoms with E-state index in [1.54, 1.807) is 0 Å². The minimum Gasteiger partial charge on any atom is -0.411 e. The molecule has 0 atom stereocenters. The van der Waals surface area contributed by atoms with Gasteiger partial charge in [-0.15, -0.1) is 0 Å². The van der Waals surface area contributed by atoms with Gasteiger partial charge in [0.25, 0.3) is 0 Å². The number of thiocarbonyl (C=S) groups is 2. The Hall–Kier alpha value is 0.739. The van der Waals surface area contributed by atoms with Crippen LogP contribution in [0.4, 0.5) is 0 Å². The van der Waals surface area contributed by atoms with Crippen LogP contribution in [0.2, 0.25) is 0 Å². The maximum Gasteiger partial charge on any atom is 2.00 e. The molecule has 17 heavy (non-hydrogen) atoms. The van der Waals surface area contributed by atoms with E-state index in [4.69, 9.17) is 49.7 Å². The van der Waals surface area contributed by atoms with Gasteiger partial charge in [0.05, 0.1) is 0 Å². The summed E-state index contributed by atoms with van der Waals surface area (Å²) in [5.74, 6) is 0. The van der Waals surface area contributed by atoms with Gasteiger partial charge in [0.2, 0.25) is 0 Å². The minimum atomic E-state index is 0. The third kappa shape index (κ3) is 13.0. The molecule has 0 rings (SSSR count). The molecule has 0 saturated carbocycles. The fraction of sp³-hybridized carbons (Fsp3) is 0.800. The molecule has 0 saturated heterocycles. The minimum absolute atomic E-state index is 0. The van der Waals surface area contributed by atoms with Crippen LogP contribution in [0, 0.1) is 0 Å². The molecule has 0 fully saturated rings. The third-order valence-electron chi connectivity index (χ3n) is 2.04. The first kappa shape index (κ1) is 22.9. The van der Waals surface area contributed by atoms with Crippen molar-refractivity contribution in [3.05, 3.63) is 0 Å². The molecule has 0 N–H and O–H groups in total. The molecule has 0 aromatic carbocycles. The smallest absolute Gasteiger partial charge is 0.411 e. The summed E-state index contributed by atoms with van der Waals surface area (Å²) in [5.41, 5.74) is 0. The van der Waals surface area contributed by atoms with Gasteiger partial charge in [-0.25, -0.2) is 0 Å². The second kappa shape index (κ2) is 14.8. The Balaban J connectivity index is -0.000000218. The van der Waals surface area contributed by atoms with Crippen LogP contribution in [0.1, 0.15) is 27.7 Å². The molecule has 0 radical (unpaired) electrons. The summed E-state index contributed by atoms with van der Waals surface area (Å²) in [4.78, 5) is 3.93. The number of rotatable bonds is 4. The maximum atomic E-state index is 4.76. The molecular formula is C10H20FeN2S4. The van der Waals surface area contributed by atoms with Gasteiger partial charge in [-0.2, -0.15) is 0 Å². The van der Waals surface area contributed by atoms with Crippen LogP contribution in [-0.2, 0) is 42.3 Å². The van der Waals surface area contributed by atoms with Crippen molar-refractivity contribution in [3.63, 3.8) is 0 Å². The molecule has 0 aromatic rings. The average molecular weight is 352 g/mol. The predicted molar refractivity (Wildman–Crippen MR) is 85.8 cm³/mol. The van der Waals surface area contributed by atoms with Crippen molar-refractivity contribution in [1.29, 1.82) is 0 Å². The van der Waals surface area contributed by atoms with Crippen LogP contribution in [0.3, 0.4) is 0 Å². The summed E-state index contributed by atoms with van der Waals surface area (Å²) in [7, 11) is 0. The zero-order valence-electron chi connectivity index (χ0n) is 10.7. The molecule has 2 nitrogen and oxygen atoms in total. The quantitative estimate of drug-likeness (QED) is 0.432. The third-order valence-corrected chi connectivity index (χ3v) is 3.08. The van der Waals surface area contributed by atoms with E-state index in [2.05, 4.69) is 0 Å². The molecule has 0 aliphatic carbocycles. The van der Waals surface area contributed by atoms with Gasteiger partial charge < -0.3 is 59.5 Å². The molecule has 0 amide bonds. The van der Waals surface area contributed by atoms with Gasteiger partial charge in [-0.05, 0) is 27.7 Å². The fourth-order valence-electron chi connectivity index (χ4n) is 0.964. The van der Waals surface area contributed by atoms with Gasteiger partial charge in [-0.3, -0.25) is 0 Å². The van der Waals surface area contributed by atoms with Crippen LogP contribution in [0.15, 0.2) is 0 Å². The van der Waals surface area contributed by atoms with E-state index < -0.39 is 0 Å². The monoisotopic (exact) mass is 352 g/mol. The largest absolute Gasteiger partial charge is 2.00 e. The van der Waals surface area contributed by atoms with Crippen molar-refractivity contribution >= 4 is 58.3 Å². The molecular weight excluding hydrogens is 332 g/mol. The zero-order valence-corrected chi connectivity index (χ0v) is 15.1. The van der Waals surface area contributed by atoms with Crippen molar-refractivity contribution in [1.82, 2.24) is 9.80 Å². The Labute approximate surface area is 138 Å². The van der Waals surface area contributed by atoms with E-state index >= 15 is 0 Å². The first-order chi connectivity index (χ1) is 7.44. The molecule has 0 spiro atoms. The van der Waals surface area contributed by atoms with Gasteiger partial charge >= 0.3 is 17.1 Å². The topological polar surface area (TPSA) is 6.48 Å². The van der Waals surface area contributed by atoms with Crippen molar-refractivity contribution < 1.29 is 17.1 Å². The molecule has 7 heteroatoms. The van der Waals surface area contributed by atoms with E-state index in [1.165, 1.54) is 0 Å². The Morgan fingerprint density at radius 1 is 0.765 bits per heavy atom. The van der Waals surface area contributed by atoms with Crippen LogP contribution < -0.4 is 0 Å². The first-order valence-electron chi connectivity index (χ1n) is 5.36. The standard InChI is InChI=1S/2C5H11NS2.Fe/c2*1-3-6(4-2)5(7)8;/h2*3-4H2,1-2H3,(H,7,8);/q;;+2/p-2. The van der Waals surface area contributed by atoms with Crippen molar-refractivity contribution in [3.8, 4) is 0 Å². The Kier molecular flexibility index (Phi) is 19.9. The fourth-order valence-corrected chi connectivity index (χ4v) is 2.00. The van der Waals surface area contributed by atoms with Crippen LogP contribution in [0.5, 0.6) is 0 Å². The molecule has 0 aromatic heterocycles. The van der Waals surface area contributed by atoms with Crippen LogP contribution in [0.25, 0.3) is 0 Å². The Bertz CT molecular complexity index is 184. The number of hydrogen-bond acceptors (Lipinski definition) is 4. The summed E-state index contributed by atoms with van der Waals surface area (Å²) < 4.78 is 1.16. The summed E-state index contributed by atoms with van der Waals surface area (Å²) in [5, 5.41) is 0. The second-order valence-corrected chi connectivity index (χ2v) is 4.94. The Morgan fingerprint density at radius 3 is 0.941 bits per heavy atom. The SMILES string of the molecule is CCN(CC)C(=S)[S-].CCN(CC)C(=S)[S-].[Fe+2]. The molecule has 0 heterocycles. The molecule has 0 unspecified atom stereocenters. The van der Waals surface area contributed by atoms with E-state index in [0.29, 0.717) is 8.64 Å². The normalized spacial score (nSPS) is 8.24. The van der Waals surface area contributed by atoms with Crippen molar-refractivity contribution in [2.45, 2.75) is 27.7 Å². The zero-order chi connectivity index (χ0) is 13.1. The van der Waals surface area contributed by atoms with Crippen molar-refractivity contribution in [2.75, 3.05) is 26.2 Å². The molecule has 0 bridgehead atoms. The first-order valence-corrected chi connectivity index (χ1v) is 6.99. The Morgan fingerprint density at radius 2 is 0.941 bits per heavy atom. The van der Waals surface area contributed by atoms with E-state index in [1.807, 2.05) is 37.5 Å². The van der Waals surface area contributed by atoms with Crippen LogP contribution >= 0.6 is 24.4 Å². The number of nitrogens with zero attached hydrogens (tertiary/aromatic N) is 2. The van der Waals surface area contributed by atoms with Gasteiger partial charge in [-0.1, -0.05) is 8.64 Å². The predicted octanol–water partition coefficient (Wildman–Crippen LogP) is 2.32. The summed E-state index contributed by atoms with van der Waals surface area (Å²) in [6, 6.07) is 0. The second-order valence-electron chi connectivity index (χ2n) is 2.88. The summed E-state index contributed by atoms with van der Waals surface area (Å²) in [6.07, 6.45) is 0. The summed E-state index contributed by atoms with van der Waals surface area (Å²) >= 11 is 19.0. The molecule has 0 aliphatic heterocycles. The maximum absolute atomic E-state index is 4.76. The number of hydrogen-bond donors (Lipinski definition) is 0. The van der Waals surface area contributed by atoms with Crippen LogP contribution in [-0.4, -0.2) is 44.6 Å². The van der Waals surface area contributed by atoms with E-state index in [-0.39, 0.29) is 17.1 Å². The molecule has 0 aliphatic rings. The summed E-state index contributed by atoms with van der Waals surface area (Å²) in [6.45, 7) is 11.9. The van der Waals surface area contributed by atoms with Gasteiger partial charge in [0.15, 0.2) is 0 Å². The van der Waals surface area contributed by atoms with E-state index in [9.17, 15) is 0 Å². The van der Waals surface area contributed by atoms with E-state index in [0.717, 1.165) is 26.2 Å². The van der Waals surface area contributed by atoms with Gasteiger partial charge in [0, 0.05) is 26.2 Å². The van der Waals surface area contributed by atoms with Gasteiger partial charge in [0.1, 0.15) is 0 Å². The average Bonchev–Trinajstić information content (AvgIpc) is 2.21. The van der Waals surface area contributed by atoms with Crippen molar-refractivity contribution in [2.24, 2.45) is 0 Å².